The molecule has 0 fully saturated rings. The van der Waals surface area contributed by atoms with E-state index in [-0.39, 0.29) is 0 Å². The molecule has 0 saturated heterocycles. The van der Waals surface area contributed by atoms with Gasteiger partial charge in [0.1, 0.15) is 0 Å². The fraction of sp³-hybridized carbons (Fsp3) is 0.0714. The van der Waals surface area contributed by atoms with Crippen LogP contribution in [0.4, 0.5) is 14.5 Å². The molecule has 0 aromatic heterocycles. The van der Waals surface area contributed by atoms with Crippen LogP contribution in [0, 0.1) is 0 Å². The summed E-state index contributed by atoms with van der Waals surface area (Å²) in [6.07, 6.45) is 1.61. The van der Waals surface area contributed by atoms with E-state index < -0.39 is 20.5 Å². The lowest BCUT2D eigenvalue weighted by Crippen LogP contribution is -2.10. The third kappa shape index (κ3) is 3.27. The Hall–Kier alpha value is -2.08. The number of benzene rings is 2. The number of rotatable bonds is 4. The molecule has 0 heterocycles. The van der Waals surface area contributed by atoms with E-state index in [9.17, 15) is 17.2 Å². The lowest BCUT2D eigenvalue weighted by Gasteiger charge is -2.02. The summed E-state index contributed by atoms with van der Waals surface area (Å²) in [4.78, 5) is 3.73. The zero-order chi connectivity index (χ0) is 14.6. The zero-order valence-electron chi connectivity index (χ0n) is 10.3. The van der Waals surface area contributed by atoms with Crippen LogP contribution < -0.4 is 0 Å². The van der Waals surface area contributed by atoms with Crippen molar-refractivity contribution in [2.45, 2.75) is 10.7 Å². The van der Waals surface area contributed by atoms with Crippen LogP contribution in [0.15, 0.2) is 64.5 Å². The van der Waals surface area contributed by atoms with Crippen molar-refractivity contribution in [1.82, 2.24) is 0 Å². The van der Waals surface area contributed by atoms with Gasteiger partial charge in [0.2, 0.25) is 9.84 Å². The standard InChI is InChI=1S/C14H11F2NO2S/c15-14(16)20(18,19)13-8-6-12(7-9-13)17-10-11-4-2-1-3-5-11/h1-10,14H. The second-order valence-corrected chi connectivity index (χ2v) is 5.89. The van der Waals surface area contributed by atoms with Crippen molar-refractivity contribution in [3.63, 3.8) is 0 Å². The summed E-state index contributed by atoms with van der Waals surface area (Å²) >= 11 is 0. The number of halogens is 2. The van der Waals surface area contributed by atoms with E-state index in [1.165, 1.54) is 12.1 Å². The van der Waals surface area contributed by atoms with Gasteiger partial charge in [0.25, 0.3) is 0 Å². The average molecular weight is 295 g/mol. The summed E-state index contributed by atoms with van der Waals surface area (Å²) in [5.74, 6) is -3.42. The number of nitrogens with zero attached hydrogens (tertiary/aromatic N) is 1. The molecule has 0 unspecified atom stereocenters. The zero-order valence-corrected chi connectivity index (χ0v) is 11.1. The van der Waals surface area contributed by atoms with E-state index in [4.69, 9.17) is 0 Å². The van der Waals surface area contributed by atoms with Gasteiger partial charge < -0.3 is 0 Å². The predicted molar refractivity (Wildman–Crippen MR) is 73.3 cm³/mol. The Morgan fingerprint density at radius 1 is 0.950 bits per heavy atom. The number of hydrogen-bond donors (Lipinski definition) is 0. The van der Waals surface area contributed by atoms with Gasteiger partial charge in [-0.15, -0.1) is 0 Å². The Morgan fingerprint density at radius 3 is 2.10 bits per heavy atom. The summed E-state index contributed by atoms with van der Waals surface area (Å²) in [5.41, 5.74) is 1.37. The smallest absolute Gasteiger partial charge is 0.256 e. The van der Waals surface area contributed by atoms with Crippen LogP contribution in [-0.2, 0) is 9.84 Å². The first-order valence-electron chi connectivity index (χ1n) is 5.71. The maximum atomic E-state index is 12.4. The normalized spacial score (nSPS) is 12.2. The maximum absolute atomic E-state index is 12.4. The van der Waals surface area contributed by atoms with Gasteiger partial charge in [0, 0.05) is 6.21 Å². The Morgan fingerprint density at radius 2 is 1.55 bits per heavy atom. The minimum atomic E-state index is -4.55. The fourth-order valence-corrected chi connectivity index (χ4v) is 2.23. The molecule has 0 N–H and O–H groups in total. The molecule has 0 aliphatic rings. The highest BCUT2D eigenvalue weighted by molar-refractivity contribution is 7.91. The van der Waals surface area contributed by atoms with Crippen LogP contribution in [0.2, 0.25) is 0 Å². The van der Waals surface area contributed by atoms with Gasteiger partial charge in [0.05, 0.1) is 10.6 Å². The van der Waals surface area contributed by atoms with Crippen LogP contribution in [0.25, 0.3) is 0 Å². The molecular formula is C14H11F2NO2S. The SMILES string of the molecule is O=S(=O)(c1ccc(N=Cc2ccccc2)cc1)C(F)F. The van der Waals surface area contributed by atoms with Gasteiger partial charge in [0.15, 0.2) is 0 Å². The van der Waals surface area contributed by atoms with E-state index in [1.807, 2.05) is 30.3 Å². The topological polar surface area (TPSA) is 46.5 Å². The van der Waals surface area contributed by atoms with Crippen molar-refractivity contribution in [3.8, 4) is 0 Å². The molecule has 2 aromatic rings. The van der Waals surface area contributed by atoms with Gasteiger partial charge in [-0.2, -0.15) is 8.78 Å². The summed E-state index contributed by atoms with van der Waals surface area (Å²) in [7, 11) is -4.55. The van der Waals surface area contributed by atoms with E-state index in [0.29, 0.717) is 5.69 Å². The van der Waals surface area contributed by atoms with Crippen LogP contribution >= 0.6 is 0 Å². The molecule has 20 heavy (non-hydrogen) atoms. The van der Waals surface area contributed by atoms with Gasteiger partial charge in [-0.25, -0.2) is 8.42 Å². The highest BCUT2D eigenvalue weighted by atomic mass is 32.2. The van der Waals surface area contributed by atoms with Crippen molar-refractivity contribution in [1.29, 1.82) is 0 Å². The van der Waals surface area contributed by atoms with Gasteiger partial charge in [-0.3, -0.25) is 4.99 Å². The van der Waals surface area contributed by atoms with Crippen molar-refractivity contribution in [3.05, 3.63) is 60.2 Å². The third-order valence-electron chi connectivity index (χ3n) is 2.56. The molecule has 2 rings (SSSR count). The van der Waals surface area contributed by atoms with Crippen LogP contribution in [0.1, 0.15) is 5.56 Å². The van der Waals surface area contributed by atoms with Crippen molar-refractivity contribution >= 4 is 21.7 Å². The highest BCUT2D eigenvalue weighted by Crippen LogP contribution is 2.21. The van der Waals surface area contributed by atoms with Crippen molar-refractivity contribution in [2.24, 2.45) is 4.99 Å². The Balaban J connectivity index is 2.20. The maximum Gasteiger partial charge on any atom is 0.341 e. The van der Waals surface area contributed by atoms with E-state index >= 15 is 0 Å². The van der Waals surface area contributed by atoms with Crippen molar-refractivity contribution in [2.75, 3.05) is 0 Å². The lowest BCUT2D eigenvalue weighted by molar-refractivity contribution is 0.234. The quantitative estimate of drug-likeness (QED) is 0.811. The van der Waals surface area contributed by atoms with Crippen molar-refractivity contribution < 1.29 is 17.2 Å². The molecule has 0 atom stereocenters. The summed E-state index contributed by atoms with van der Waals surface area (Å²) < 4.78 is 47.2. The molecule has 6 heteroatoms. The van der Waals surface area contributed by atoms with E-state index in [0.717, 1.165) is 17.7 Å². The Kier molecular flexibility index (Phi) is 4.24. The number of alkyl halides is 2. The lowest BCUT2D eigenvalue weighted by atomic mass is 10.2. The molecule has 0 saturated carbocycles. The van der Waals surface area contributed by atoms with Crippen LogP contribution in [0.5, 0.6) is 0 Å². The molecule has 0 amide bonds. The average Bonchev–Trinajstić information content (AvgIpc) is 2.46. The molecule has 0 radical (unpaired) electrons. The number of hydrogen-bond acceptors (Lipinski definition) is 3. The molecular weight excluding hydrogens is 284 g/mol. The monoisotopic (exact) mass is 295 g/mol. The minimum absolute atomic E-state index is 0.411. The first kappa shape index (κ1) is 14.3. The third-order valence-corrected chi connectivity index (χ3v) is 3.96. The molecule has 0 aliphatic carbocycles. The molecule has 0 spiro atoms. The second kappa shape index (κ2) is 5.92. The van der Waals surface area contributed by atoms with Crippen LogP contribution in [0.3, 0.4) is 0 Å². The Bertz CT molecular complexity index is 696. The largest absolute Gasteiger partial charge is 0.341 e. The minimum Gasteiger partial charge on any atom is -0.256 e. The first-order chi connectivity index (χ1) is 9.50. The molecule has 3 nitrogen and oxygen atoms in total. The van der Waals surface area contributed by atoms with Gasteiger partial charge in [-0.1, -0.05) is 30.3 Å². The highest BCUT2D eigenvalue weighted by Gasteiger charge is 2.26. The summed E-state index contributed by atoms with van der Waals surface area (Å²) in [6, 6.07) is 14.3. The van der Waals surface area contributed by atoms with Gasteiger partial charge in [-0.05, 0) is 29.8 Å². The summed E-state index contributed by atoms with van der Waals surface area (Å²) in [5, 5.41) is 0. The number of sulfone groups is 1. The van der Waals surface area contributed by atoms with Crippen LogP contribution in [-0.4, -0.2) is 20.4 Å². The molecule has 104 valence electrons. The van der Waals surface area contributed by atoms with E-state index in [2.05, 4.69) is 4.99 Å². The Labute approximate surface area is 115 Å². The van der Waals surface area contributed by atoms with E-state index in [1.54, 1.807) is 6.21 Å². The summed E-state index contributed by atoms with van der Waals surface area (Å²) in [6.45, 7) is 0. The molecule has 0 bridgehead atoms. The second-order valence-electron chi connectivity index (χ2n) is 3.97. The predicted octanol–water partition coefficient (Wildman–Crippen LogP) is 3.43. The fourth-order valence-electron chi connectivity index (χ4n) is 1.51. The molecule has 0 aliphatic heterocycles. The number of aliphatic imine (C=N–C) groups is 1. The van der Waals surface area contributed by atoms with Gasteiger partial charge >= 0.3 is 5.76 Å². The molecule has 2 aromatic carbocycles. The first-order valence-corrected chi connectivity index (χ1v) is 7.26.